The molecular weight excluding hydrogens is 286 g/mol. The Hall–Kier alpha value is -1.91. The van der Waals surface area contributed by atoms with Gasteiger partial charge in [-0.3, -0.25) is 9.78 Å². The van der Waals surface area contributed by atoms with Crippen LogP contribution in [-0.2, 0) is 11.2 Å². The molecule has 0 aliphatic rings. The van der Waals surface area contributed by atoms with Crippen molar-refractivity contribution in [2.24, 2.45) is 5.73 Å². The summed E-state index contributed by atoms with van der Waals surface area (Å²) < 4.78 is 0. The Morgan fingerprint density at radius 3 is 2.57 bits per heavy atom. The van der Waals surface area contributed by atoms with Gasteiger partial charge in [0.1, 0.15) is 0 Å². The Morgan fingerprint density at radius 1 is 1.24 bits per heavy atom. The van der Waals surface area contributed by atoms with E-state index in [-0.39, 0.29) is 24.4 Å². The maximum absolute atomic E-state index is 12.1. The first-order valence-corrected chi connectivity index (χ1v) is 6.66. The third-order valence-electron chi connectivity index (χ3n) is 3.18. The van der Waals surface area contributed by atoms with Gasteiger partial charge in [-0.2, -0.15) is 0 Å². The van der Waals surface area contributed by atoms with E-state index in [0.717, 1.165) is 11.1 Å². The minimum Gasteiger partial charge on any atom is -0.348 e. The van der Waals surface area contributed by atoms with Crippen molar-refractivity contribution in [3.8, 4) is 0 Å². The average Bonchev–Trinajstić information content (AvgIpc) is 2.49. The van der Waals surface area contributed by atoms with Crippen molar-refractivity contribution < 1.29 is 4.79 Å². The molecule has 0 fully saturated rings. The van der Waals surface area contributed by atoms with Crippen LogP contribution in [0, 0.1) is 0 Å². The molecular formula is C16H20ClN3O. The van der Waals surface area contributed by atoms with Gasteiger partial charge in [-0.25, -0.2) is 0 Å². The smallest absolute Gasteiger partial charge is 0.237 e. The van der Waals surface area contributed by atoms with Gasteiger partial charge in [0.25, 0.3) is 0 Å². The molecule has 1 aromatic heterocycles. The highest BCUT2D eigenvalue weighted by atomic mass is 35.5. The fourth-order valence-electron chi connectivity index (χ4n) is 2.00. The number of nitrogens with two attached hydrogens (primary N) is 1. The number of carbonyl (C=O) groups excluding carboxylic acids is 1. The average molecular weight is 306 g/mol. The monoisotopic (exact) mass is 305 g/mol. The quantitative estimate of drug-likeness (QED) is 0.890. The molecule has 0 radical (unpaired) electrons. The zero-order chi connectivity index (χ0) is 14.4. The van der Waals surface area contributed by atoms with Crippen molar-refractivity contribution in [2.45, 2.75) is 25.4 Å². The number of nitrogens with zero attached hydrogens (tertiary/aromatic N) is 1. The minimum atomic E-state index is -0.545. The number of rotatable bonds is 5. The lowest BCUT2D eigenvalue weighted by Gasteiger charge is -2.17. The molecule has 0 aliphatic carbocycles. The summed E-state index contributed by atoms with van der Waals surface area (Å²) in [5, 5.41) is 2.91. The predicted molar refractivity (Wildman–Crippen MR) is 86.2 cm³/mol. The molecule has 0 saturated heterocycles. The lowest BCUT2D eigenvalue weighted by Crippen LogP contribution is -2.42. The number of benzene rings is 1. The van der Waals surface area contributed by atoms with Crippen LogP contribution in [0.5, 0.6) is 0 Å². The molecule has 1 aromatic carbocycles. The summed E-state index contributed by atoms with van der Waals surface area (Å²) in [4.78, 5) is 16.1. The number of hydrogen-bond donors (Lipinski definition) is 2. The van der Waals surface area contributed by atoms with Crippen LogP contribution in [0.15, 0.2) is 54.9 Å². The molecule has 0 saturated carbocycles. The third kappa shape index (κ3) is 5.17. The Balaban J connectivity index is 0.00000220. The van der Waals surface area contributed by atoms with Crippen LogP contribution in [-0.4, -0.2) is 16.9 Å². The second-order valence-electron chi connectivity index (χ2n) is 4.81. The maximum atomic E-state index is 12.1. The van der Waals surface area contributed by atoms with E-state index in [1.54, 1.807) is 12.4 Å². The molecule has 21 heavy (non-hydrogen) atoms. The second-order valence-corrected chi connectivity index (χ2v) is 4.81. The van der Waals surface area contributed by atoms with E-state index in [2.05, 4.69) is 10.3 Å². The molecule has 2 atom stereocenters. The van der Waals surface area contributed by atoms with Crippen molar-refractivity contribution in [1.29, 1.82) is 0 Å². The van der Waals surface area contributed by atoms with Crippen molar-refractivity contribution in [3.05, 3.63) is 66.0 Å². The third-order valence-corrected chi connectivity index (χ3v) is 3.18. The molecule has 1 heterocycles. The molecule has 0 aliphatic heterocycles. The summed E-state index contributed by atoms with van der Waals surface area (Å²) in [5.41, 5.74) is 7.97. The van der Waals surface area contributed by atoms with Gasteiger partial charge in [-0.15, -0.1) is 12.4 Å². The predicted octanol–water partition coefficient (Wildman–Crippen LogP) is 2.25. The molecule has 112 valence electrons. The van der Waals surface area contributed by atoms with Crippen LogP contribution in [0.3, 0.4) is 0 Å². The highest BCUT2D eigenvalue weighted by molar-refractivity contribution is 5.85. The Bertz CT molecular complexity index is 548. The normalized spacial score (nSPS) is 12.9. The first-order valence-electron chi connectivity index (χ1n) is 6.66. The van der Waals surface area contributed by atoms with Crippen LogP contribution in [0.2, 0.25) is 0 Å². The number of pyridine rings is 1. The topological polar surface area (TPSA) is 68.0 Å². The van der Waals surface area contributed by atoms with Crippen molar-refractivity contribution >= 4 is 18.3 Å². The Labute approximate surface area is 131 Å². The lowest BCUT2D eigenvalue weighted by molar-refractivity contribution is -0.123. The number of hydrogen-bond acceptors (Lipinski definition) is 3. The summed E-state index contributed by atoms with van der Waals surface area (Å²) in [5.74, 6) is -0.148. The zero-order valence-electron chi connectivity index (χ0n) is 11.9. The fraction of sp³-hybridized carbons (Fsp3) is 0.250. The highest BCUT2D eigenvalue weighted by Gasteiger charge is 2.16. The van der Waals surface area contributed by atoms with Crippen molar-refractivity contribution in [2.75, 3.05) is 0 Å². The van der Waals surface area contributed by atoms with Crippen LogP contribution in [0.25, 0.3) is 0 Å². The molecule has 3 N–H and O–H groups in total. The molecule has 5 heteroatoms. The van der Waals surface area contributed by atoms with Gasteiger partial charge in [0.05, 0.1) is 12.1 Å². The molecule has 2 aromatic rings. The van der Waals surface area contributed by atoms with Crippen LogP contribution in [0.1, 0.15) is 24.1 Å². The second kappa shape index (κ2) is 8.39. The number of amides is 1. The lowest BCUT2D eigenvalue weighted by atomic mass is 10.1. The van der Waals surface area contributed by atoms with Gasteiger partial charge in [-0.1, -0.05) is 36.4 Å². The summed E-state index contributed by atoms with van der Waals surface area (Å²) in [6.07, 6.45) is 3.99. The van der Waals surface area contributed by atoms with E-state index in [1.807, 2.05) is 49.4 Å². The van der Waals surface area contributed by atoms with E-state index in [0.29, 0.717) is 6.42 Å². The van der Waals surface area contributed by atoms with E-state index >= 15 is 0 Å². The van der Waals surface area contributed by atoms with Gasteiger partial charge in [0.2, 0.25) is 5.91 Å². The number of nitrogens with one attached hydrogen (secondary N) is 1. The van der Waals surface area contributed by atoms with E-state index in [4.69, 9.17) is 5.73 Å². The van der Waals surface area contributed by atoms with Crippen molar-refractivity contribution in [1.82, 2.24) is 10.3 Å². The molecule has 1 amide bonds. The standard InChI is InChI=1S/C16H19N3O.ClH/c1-12(14-8-5-9-18-11-14)19-16(20)15(17)10-13-6-3-2-4-7-13;/h2-9,11-12,15H,10,17H2,1H3,(H,19,20);1H. The summed E-state index contributed by atoms with van der Waals surface area (Å²) >= 11 is 0. The fourth-order valence-corrected chi connectivity index (χ4v) is 2.00. The molecule has 0 spiro atoms. The van der Waals surface area contributed by atoms with Crippen LogP contribution < -0.4 is 11.1 Å². The zero-order valence-corrected chi connectivity index (χ0v) is 12.7. The van der Waals surface area contributed by atoms with Crippen LogP contribution in [0.4, 0.5) is 0 Å². The molecule has 0 bridgehead atoms. The van der Waals surface area contributed by atoms with Gasteiger partial charge in [0, 0.05) is 12.4 Å². The number of halogens is 1. The first-order chi connectivity index (χ1) is 9.66. The van der Waals surface area contributed by atoms with E-state index in [1.165, 1.54) is 0 Å². The first kappa shape index (κ1) is 17.1. The van der Waals surface area contributed by atoms with Gasteiger partial charge in [-0.05, 0) is 30.5 Å². The SMILES string of the molecule is CC(NC(=O)C(N)Cc1ccccc1)c1cccnc1.Cl. The van der Waals surface area contributed by atoms with Gasteiger partial charge >= 0.3 is 0 Å². The highest BCUT2D eigenvalue weighted by Crippen LogP contribution is 2.10. The minimum absolute atomic E-state index is 0. The van der Waals surface area contributed by atoms with Crippen molar-refractivity contribution in [3.63, 3.8) is 0 Å². The Kier molecular flexibility index (Phi) is 6.85. The molecule has 2 unspecified atom stereocenters. The molecule has 2 rings (SSSR count). The van der Waals surface area contributed by atoms with E-state index in [9.17, 15) is 4.79 Å². The van der Waals surface area contributed by atoms with Gasteiger partial charge < -0.3 is 11.1 Å². The largest absolute Gasteiger partial charge is 0.348 e. The number of aromatic nitrogens is 1. The Morgan fingerprint density at radius 2 is 1.95 bits per heavy atom. The van der Waals surface area contributed by atoms with Crippen LogP contribution >= 0.6 is 12.4 Å². The van der Waals surface area contributed by atoms with E-state index < -0.39 is 6.04 Å². The number of carbonyl (C=O) groups is 1. The summed E-state index contributed by atoms with van der Waals surface area (Å²) in [6, 6.07) is 12.9. The summed E-state index contributed by atoms with van der Waals surface area (Å²) in [7, 11) is 0. The van der Waals surface area contributed by atoms with Gasteiger partial charge in [0.15, 0.2) is 0 Å². The molecule has 4 nitrogen and oxygen atoms in total. The summed E-state index contributed by atoms with van der Waals surface area (Å²) in [6.45, 7) is 1.92. The maximum Gasteiger partial charge on any atom is 0.237 e.